The molecule has 20 heavy (non-hydrogen) atoms. The first-order valence-corrected chi connectivity index (χ1v) is 6.17. The summed E-state index contributed by atoms with van der Waals surface area (Å²) in [7, 11) is 0. The van der Waals surface area contributed by atoms with Crippen LogP contribution in [0.2, 0.25) is 0 Å². The summed E-state index contributed by atoms with van der Waals surface area (Å²) in [4.78, 5) is 7.55. The van der Waals surface area contributed by atoms with Crippen molar-refractivity contribution in [1.82, 2.24) is 19.7 Å². The lowest BCUT2D eigenvalue weighted by atomic mass is 10.2. The van der Waals surface area contributed by atoms with Crippen LogP contribution in [0.15, 0.2) is 18.5 Å². The van der Waals surface area contributed by atoms with E-state index in [4.69, 9.17) is 0 Å². The van der Waals surface area contributed by atoms with Crippen LogP contribution in [-0.2, 0) is 12.7 Å². The van der Waals surface area contributed by atoms with E-state index in [-0.39, 0.29) is 11.6 Å². The second-order valence-corrected chi connectivity index (χ2v) is 4.07. The topological polar surface area (TPSA) is 55.6 Å². The molecule has 0 saturated carbocycles. The molecule has 0 aliphatic carbocycles. The van der Waals surface area contributed by atoms with Crippen LogP contribution in [0.3, 0.4) is 0 Å². The summed E-state index contributed by atoms with van der Waals surface area (Å²) in [5.74, 6) is -0.0402. The Morgan fingerprint density at radius 3 is 2.55 bits per heavy atom. The Hall–Kier alpha value is -2.12. The molecule has 0 unspecified atom stereocenters. The molecule has 2 aromatic heterocycles. The molecular weight excluding hydrogens is 271 g/mol. The predicted molar refractivity (Wildman–Crippen MR) is 68.1 cm³/mol. The van der Waals surface area contributed by atoms with E-state index in [9.17, 15) is 13.2 Å². The van der Waals surface area contributed by atoms with Crippen molar-refractivity contribution in [1.29, 1.82) is 0 Å². The Bertz CT molecular complexity index is 591. The fraction of sp³-hybridized carbons (Fsp3) is 0.417. The number of anilines is 1. The van der Waals surface area contributed by atoms with Gasteiger partial charge >= 0.3 is 6.18 Å². The van der Waals surface area contributed by atoms with Gasteiger partial charge in [-0.05, 0) is 19.9 Å². The van der Waals surface area contributed by atoms with E-state index >= 15 is 0 Å². The molecule has 2 aromatic rings. The maximum Gasteiger partial charge on any atom is 0.433 e. The lowest BCUT2D eigenvalue weighted by Crippen LogP contribution is -2.12. The quantitative estimate of drug-likeness (QED) is 0.938. The summed E-state index contributed by atoms with van der Waals surface area (Å²) in [6.07, 6.45) is -1.37. The van der Waals surface area contributed by atoms with Crippen molar-refractivity contribution in [3.05, 3.63) is 24.2 Å². The van der Waals surface area contributed by atoms with Crippen LogP contribution in [0, 0.1) is 0 Å². The van der Waals surface area contributed by atoms with Gasteiger partial charge in [-0.25, -0.2) is 9.97 Å². The number of hydrogen-bond donors (Lipinski definition) is 1. The Morgan fingerprint density at radius 2 is 2.00 bits per heavy atom. The molecule has 2 heterocycles. The third-order valence-electron chi connectivity index (χ3n) is 2.60. The fourth-order valence-corrected chi connectivity index (χ4v) is 1.65. The minimum absolute atomic E-state index is 0.0402. The van der Waals surface area contributed by atoms with Crippen molar-refractivity contribution >= 4 is 5.95 Å². The Morgan fingerprint density at radius 1 is 1.25 bits per heavy atom. The molecule has 0 aromatic carbocycles. The highest BCUT2D eigenvalue weighted by atomic mass is 19.4. The standard InChI is InChI=1S/C12H14F3N5/c1-3-16-11-18-9(5-10(19-11)12(13,14)15)8-6-17-20(4-2)7-8/h5-7H,3-4H2,1-2H3,(H,16,18,19). The largest absolute Gasteiger partial charge is 0.433 e. The van der Waals surface area contributed by atoms with E-state index in [0.717, 1.165) is 6.07 Å². The third kappa shape index (κ3) is 3.06. The summed E-state index contributed by atoms with van der Waals surface area (Å²) >= 11 is 0. The number of nitrogens with one attached hydrogen (secondary N) is 1. The number of rotatable bonds is 4. The highest BCUT2D eigenvalue weighted by Crippen LogP contribution is 2.30. The molecule has 0 bridgehead atoms. The van der Waals surface area contributed by atoms with Gasteiger partial charge in [0, 0.05) is 24.8 Å². The lowest BCUT2D eigenvalue weighted by Gasteiger charge is -2.10. The molecule has 8 heteroatoms. The summed E-state index contributed by atoms with van der Waals surface area (Å²) in [6.45, 7) is 4.73. The van der Waals surface area contributed by atoms with Gasteiger partial charge in [-0.1, -0.05) is 0 Å². The van der Waals surface area contributed by atoms with Crippen molar-refractivity contribution in [3.8, 4) is 11.3 Å². The van der Waals surface area contributed by atoms with Gasteiger partial charge in [-0.3, -0.25) is 4.68 Å². The molecule has 0 aliphatic heterocycles. The predicted octanol–water partition coefficient (Wildman–Crippen LogP) is 2.81. The van der Waals surface area contributed by atoms with Gasteiger partial charge in [-0.2, -0.15) is 18.3 Å². The van der Waals surface area contributed by atoms with E-state index in [1.165, 1.54) is 6.20 Å². The zero-order valence-corrected chi connectivity index (χ0v) is 11.1. The second-order valence-electron chi connectivity index (χ2n) is 4.07. The van der Waals surface area contributed by atoms with Gasteiger partial charge < -0.3 is 5.32 Å². The summed E-state index contributed by atoms with van der Waals surface area (Å²) in [6, 6.07) is 0.928. The first kappa shape index (κ1) is 14.3. The average molecular weight is 285 g/mol. The first-order valence-electron chi connectivity index (χ1n) is 6.17. The summed E-state index contributed by atoms with van der Waals surface area (Å²) < 4.78 is 40.1. The molecule has 5 nitrogen and oxygen atoms in total. The number of alkyl halides is 3. The van der Waals surface area contributed by atoms with Crippen molar-refractivity contribution in [3.63, 3.8) is 0 Å². The van der Waals surface area contributed by atoms with Crippen LogP contribution < -0.4 is 5.32 Å². The van der Waals surface area contributed by atoms with Crippen LogP contribution in [0.1, 0.15) is 19.5 Å². The van der Waals surface area contributed by atoms with Crippen LogP contribution >= 0.6 is 0 Å². The molecule has 0 amide bonds. The van der Waals surface area contributed by atoms with E-state index in [1.54, 1.807) is 17.8 Å². The number of aryl methyl sites for hydroxylation is 1. The Kier molecular flexibility index (Phi) is 3.91. The average Bonchev–Trinajstić information content (AvgIpc) is 2.86. The van der Waals surface area contributed by atoms with Crippen LogP contribution in [-0.4, -0.2) is 26.3 Å². The lowest BCUT2D eigenvalue weighted by molar-refractivity contribution is -0.141. The van der Waals surface area contributed by atoms with E-state index < -0.39 is 11.9 Å². The molecule has 2 rings (SSSR count). The normalized spacial score (nSPS) is 11.7. The highest BCUT2D eigenvalue weighted by molar-refractivity contribution is 5.59. The van der Waals surface area contributed by atoms with Gasteiger partial charge in [0.25, 0.3) is 0 Å². The molecular formula is C12H14F3N5. The smallest absolute Gasteiger partial charge is 0.354 e. The number of halogens is 3. The zero-order chi connectivity index (χ0) is 14.8. The number of hydrogen-bond acceptors (Lipinski definition) is 4. The SMILES string of the molecule is CCNc1nc(-c2cnn(CC)c2)cc(C(F)(F)F)n1. The van der Waals surface area contributed by atoms with Gasteiger partial charge in [0.1, 0.15) is 0 Å². The van der Waals surface area contributed by atoms with E-state index in [0.29, 0.717) is 18.7 Å². The fourth-order valence-electron chi connectivity index (χ4n) is 1.65. The Balaban J connectivity index is 2.48. The zero-order valence-electron chi connectivity index (χ0n) is 11.1. The van der Waals surface area contributed by atoms with E-state index in [1.807, 2.05) is 6.92 Å². The third-order valence-corrected chi connectivity index (χ3v) is 2.60. The second kappa shape index (κ2) is 5.48. The molecule has 1 N–H and O–H groups in total. The van der Waals surface area contributed by atoms with Gasteiger partial charge in [0.2, 0.25) is 5.95 Å². The number of nitrogens with zero attached hydrogens (tertiary/aromatic N) is 4. The minimum atomic E-state index is -4.51. The van der Waals surface area contributed by atoms with Crippen molar-refractivity contribution in [2.24, 2.45) is 0 Å². The monoisotopic (exact) mass is 285 g/mol. The molecule has 0 fully saturated rings. The van der Waals surface area contributed by atoms with Gasteiger partial charge in [0.15, 0.2) is 5.69 Å². The maximum atomic E-state index is 12.8. The molecule has 0 spiro atoms. The first-order chi connectivity index (χ1) is 9.44. The highest BCUT2D eigenvalue weighted by Gasteiger charge is 2.33. The van der Waals surface area contributed by atoms with Gasteiger partial charge in [0.05, 0.1) is 11.9 Å². The molecule has 0 saturated heterocycles. The molecule has 0 radical (unpaired) electrons. The minimum Gasteiger partial charge on any atom is -0.354 e. The van der Waals surface area contributed by atoms with Crippen molar-refractivity contribution < 1.29 is 13.2 Å². The van der Waals surface area contributed by atoms with E-state index in [2.05, 4.69) is 20.4 Å². The Labute approximate surface area is 113 Å². The molecule has 0 atom stereocenters. The van der Waals surface area contributed by atoms with Crippen LogP contribution in [0.25, 0.3) is 11.3 Å². The van der Waals surface area contributed by atoms with Crippen molar-refractivity contribution in [2.75, 3.05) is 11.9 Å². The van der Waals surface area contributed by atoms with Gasteiger partial charge in [-0.15, -0.1) is 0 Å². The summed E-state index contributed by atoms with van der Waals surface area (Å²) in [5, 5.41) is 6.73. The molecule has 0 aliphatic rings. The molecule has 108 valence electrons. The van der Waals surface area contributed by atoms with Crippen LogP contribution in [0.4, 0.5) is 19.1 Å². The number of aromatic nitrogens is 4. The maximum absolute atomic E-state index is 12.8. The van der Waals surface area contributed by atoms with Crippen LogP contribution in [0.5, 0.6) is 0 Å². The van der Waals surface area contributed by atoms with Crippen molar-refractivity contribution in [2.45, 2.75) is 26.6 Å². The summed E-state index contributed by atoms with van der Waals surface area (Å²) in [5.41, 5.74) is -0.246.